The van der Waals surface area contributed by atoms with Crippen LogP contribution in [0.1, 0.15) is 20.8 Å². The molecule has 4 nitrogen and oxygen atoms in total. The van der Waals surface area contributed by atoms with E-state index in [1.807, 2.05) is 52.7 Å². The molecular formula is C23H22Cl2N2O2S. The van der Waals surface area contributed by atoms with Crippen molar-refractivity contribution in [3.63, 3.8) is 0 Å². The molecule has 0 unspecified atom stereocenters. The van der Waals surface area contributed by atoms with Gasteiger partial charge in [-0.1, -0.05) is 47.5 Å². The van der Waals surface area contributed by atoms with E-state index in [1.54, 1.807) is 6.07 Å². The molecular weight excluding hydrogens is 439 g/mol. The highest BCUT2D eigenvalue weighted by molar-refractivity contribution is 7.12. The number of carbonyl (C=O) groups is 1. The van der Waals surface area contributed by atoms with Crippen molar-refractivity contribution in [2.24, 2.45) is 0 Å². The van der Waals surface area contributed by atoms with Gasteiger partial charge in [-0.25, -0.2) is 0 Å². The average Bonchev–Trinajstić information content (AvgIpc) is 3.22. The Morgan fingerprint density at radius 3 is 2.53 bits per heavy atom. The zero-order valence-corrected chi connectivity index (χ0v) is 18.7. The summed E-state index contributed by atoms with van der Waals surface area (Å²) in [6, 6.07) is 17.2. The average molecular weight is 461 g/mol. The highest BCUT2D eigenvalue weighted by Crippen LogP contribution is 2.25. The van der Waals surface area contributed by atoms with Crippen LogP contribution in [0.2, 0.25) is 10.0 Å². The number of para-hydroxylation sites is 1. The van der Waals surface area contributed by atoms with Gasteiger partial charge in [-0.3, -0.25) is 9.69 Å². The fourth-order valence-electron chi connectivity index (χ4n) is 3.44. The molecule has 1 aromatic heterocycles. The Hall–Kier alpha value is -2.05. The van der Waals surface area contributed by atoms with Gasteiger partial charge in [0, 0.05) is 43.3 Å². The van der Waals surface area contributed by atoms with Crippen molar-refractivity contribution in [3.8, 4) is 5.75 Å². The van der Waals surface area contributed by atoms with E-state index in [-0.39, 0.29) is 5.91 Å². The van der Waals surface area contributed by atoms with Crippen molar-refractivity contribution in [2.75, 3.05) is 26.2 Å². The maximum Gasteiger partial charge on any atom is 0.264 e. The third kappa shape index (κ3) is 5.35. The highest BCUT2D eigenvalue weighted by atomic mass is 35.5. The predicted molar refractivity (Wildman–Crippen MR) is 123 cm³/mol. The van der Waals surface area contributed by atoms with E-state index in [1.165, 1.54) is 16.9 Å². The molecule has 30 heavy (non-hydrogen) atoms. The minimum Gasteiger partial charge on any atom is -0.487 e. The summed E-state index contributed by atoms with van der Waals surface area (Å²) in [5.74, 6) is 0.737. The van der Waals surface area contributed by atoms with Crippen LogP contribution in [0.25, 0.3) is 0 Å². The van der Waals surface area contributed by atoms with Crippen molar-refractivity contribution in [3.05, 3.63) is 86.0 Å². The summed E-state index contributed by atoms with van der Waals surface area (Å²) in [7, 11) is 0. The minimum absolute atomic E-state index is 0.0893. The molecule has 1 saturated heterocycles. The molecule has 0 radical (unpaired) electrons. The molecule has 1 amide bonds. The van der Waals surface area contributed by atoms with Crippen molar-refractivity contribution < 1.29 is 9.53 Å². The van der Waals surface area contributed by atoms with Gasteiger partial charge in [-0.2, -0.15) is 0 Å². The van der Waals surface area contributed by atoms with Gasteiger partial charge in [-0.15, -0.1) is 11.3 Å². The Labute approximate surface area is 190 Å². The Kier molecular flexibility index (Phi) is 6.95. The molecule has 0 bridgehead atoms. The Morgan fingerprint density at radius 2 is 1.77 bits per heavy atom. The third-order valence-corrected chi connectivity index (χ3v) is 6.56. The Balaban J connectivity index is 1.29. The lowest BCUT2D eigenvalue weighted by molar-refractivity contribution is 0.0633. The molecule has 2 aromatic carbocycles. The van der Waals surface area contributed by atoms with E-state index in [0.29, 0.717) is 17.4 Å². The highest BCUT2D eigenvalue weighted by Gasteiger charge is 2.23. The van der Waals surface area contributed by atoms with E-state index in [0.717, 1.165) is 48.2 Å². The van der Waals surface area contributed by atoms with Gasteiger partial charge in [0.2, 0.25) is 0 Å². The number of rotatable bonds is 6. The third-order valence-electron chi connectivity index (χ3n) is 5.05. The zero-order chi connectivity index (χ0) is 20.9. The lowest BCUT2D eigenvalue weighted by atomic mass is 10.2. The molecule has 156 valence electrons. The first-order chi connectivity index (χ1) is 14.6. The first-order valence-electron chi connectivity index (χ1n) is 9.79. The Morgan fingerprint density at radius 1 is 0.967 bits per heavy atom. The summed E-state index contributed by atoms with van der Waals surface area (Å²) in [6.45, 7) is 4.40. The fourth-order valence-corrected chi connectivity index (χ4v) is 4.71. The summed E-state index contributed by atoms with van der Waals surface area (Å²) in [6.07, 6.45) is 0. The second-order valence-corrected chi connectivity index (χ2v) is 8.99. The number of hydrogen-bond donors (Lipinski definition) is 0. The smallest absolute Gasteiger partial charge is 0.264 e. The largest absolute Gasteiger partial charge is 0.487 e. The lowest BCUT2D eigenvalue weighted by Gasteiger charge is -2.34. The predicted octanol–water partition coefficient (Wildman–Crippen LogP) is 5.59. The summed E-state index contributed by atoms with van der Waals surface area (Å²) >= 11 is 13.7. The number of benzene rings is 2. The molecule has 1 aliphatic rings. The quantitative estimate of drug-likeness (QED) is 0.480. The topological polar surface area (TPSA) is 32.8 Å². The normalized spacial score (nSPS) is 14.7. The van der Waals surface area contributed by atoms with Crippen molar-refractivity contribution in [2.45, 2.75) is 13.2 Å². The van der Waals surface area contributed by atoms with Crippen molar-refractivity contribution in [1.82, 2.24) is 9.80 Å². The molecule has 7 heteroatoms. The first kappa shape index (κ1) is 21.2. The van der Waals surface area contributed by atoms with Gasteiger partial charge in [0.25, 0.3) is 5.91 Å². The Bertz CT molecular complexity index is 1020. The number of hydrogen-bond acceptors (Lipinski definition) is 4. The lowest BCUT2D eigenvalue weighted by Crippen LogP contribution is -2.48. The molecule has 1 aliphatic heterocycles. The van der Waals surface area contributed by atoms with Gasteiger partial charge >= 0.3 is 0 Å². The van der Waals surface area contributed by atoms with Gasteiger partial charge in [-0.05, 0) is 41.3 Å². The molecule has 0 spiro atoms. The van der Waals surface area contributed by atoms with Crippen molar-refractivity contribution in [1.29, 1.82) is 0 Å². The number of nitrogens with zero attached hydrogens (tertiary/aromatic N) is 2. The fraction of sp³-hybridized carbons (Fsp3) is 0.261. The zero-order valence-electron chi connectivity index (χ0n) is 16.4. The van der Waals surface area contributed by atoms with Crippen LogP contribution >= 0.6 is 34.5 Å². The molecule has 0 saturated carbocycles. The molecule has 3 aromatic rings. The molecule has 1 fully saturated rings. The van der Waals surface area contributed by atoms with Crippen molar-refractivity contribution >= 4 is 40.4 Å². The van der Waals surface area contributed by atoms with E-state index < -0.39 is 0 Å². The second kappa shape index (κ2) is 9.84. The summed E-state index contributed by atoms with van der Waals surface area (Å²) in [5, 5.41) is 3.31. The SMILES string of the molecule is O=C(c1cc(COc2ccccc2Cl)cs1)N1CCN(Cc2cccc(Cl)c2)CC1. The number of halogens is 2. The molecule has 0 aliphatic carbocycles. The van der Waals surface area contributed by atoms with Gasteiger partial charge < -0.3 is 9.64 Å². The van der Waals surface area contributed by atoms with E-state index in [4.69, 9.17) is 27.9 Å². The summed E-state index contributed by atoms with van der Waals surface area (Å²) in [5.41, 5.74) is 2.17. The van der Waals surface area contributed by atoms with E-state index in [9.17, 15) is 4.79 Å². The van der Waals surface area contributed by atoms with Crippen LogP contribution in [-0.2, 0) is 13.2 Å². The van der Waals surface area contributed by atoms with Crippen LogP contribution in [-0.4, -0.2) is 41.9 Å². The van der Waals surface area contributed by atoms with Gasteiger partial charge in [0.15, 0.2) is 0 Å². The number of thiophene rings is 1. The van der Waals surface area contributed by atoms with E-state index >= 15 is 0 Å². The van der Waals surface area contributed by atoms with Crippen LogP contribution in [0, 0.1) is 0 Å². The van der Waals surface area contributed by atoms with Crippen LogP contribution in [0.3, 0.4) is 0 Å². The monoisotopic (exact) mass is 460 g/mol. The molecule has 0 N–H and O–H groups in total. The number of carbonyl (C=O) groups excluding carboxylic acids is 1. The van der Waals surface area contributed by atoms with Gasteiger partial charge in [0.05, 0.1) is 9.90 Å². The number of ether oxygens (including phenoxy) is 1. The van der Waals surface area contributed by atoms with E-state index in [2.05, 4.69) is 11.0 Å². The standard InChI is InChI=1S/C23H22Cl2N2O2S/c24-19-5-3-4-17(12-19)14-26-8-10-27(11-9-26)23(28)22-13-18(16-30-22)15-29-21-7-2-1-6-20(21)25/h1-7,12-13,16H,8-11,14-15H2. The van der Waals surface area contributed by atoms with Crippen LogP contribution < -0.4 is 4.74 Å². The second-order valence-electron chi connectivity index (χ2n) is 7.24. The number of amides is 1. The summed E-state index contributed by atoms with van der Waals surface area (Å²) in [4.78, 5) is 17.9. The van der Waals surface area contributed by atoms with Crippen LogP contribution in [0.4, 0.5) is 0 Å². The summed E-state index contributed by atoms with van der Waals surface area (Å²) < 4.78 is 5.77. The maximum absolute atomic E-state index is 12.9. The molecule has 0 atom stereocenters. The molecule has 4 rings (SSSR count). The maximum atomic E-state index is 12.9. The molecule has 2 heterocycles. The number of piperazine rings is 1. The minimum atomic E-state index is 0.0893. The van der Waals surface area contributed by atoms with Gasteiger partial charge in [0.1, 0.15) is 12.4 Å². The van der Waals surface area contributed by atoms with Crippen LogP contribution in [0.5, 0.6) is 5.75 Å². The first-order valence-corrected chi connectivity index (χ1v) is 11.4. The van der Waals surface area contributed by atoms with Crippen LogP contribution in [0.15, 0.2) is 60.0 Å².